The fourth-order valence-electron chi connectivity index (χ4n) is 2.07. The van der Waals surface area contributed by atoms with Crippen LogP contribution >= 0.6 is 46.9 Å². The maximum atomic E-state index is 5.92. The lowest BCUT2D eigenvalue weighted by molar-refractivity contribution is 0.319. The number of aliphatic imine (C=N–C) groups is 1. The van der Waals surface area contributed by atoms with Gasteiger partial charge in [0.15, 0.2) is 5.96 Å². The second-order valence-corrected chi connectivity index (χ2v) is 6.49. The van der Waals surface area contributed by atoms with Crippen molar-refractivity contribution < 1.29 is 4.74 Å². The van der Waals surface area contributed by atoms with E-state index in [1.807, 2.05) is 37.1 Å². The Balaban J connectivity index is 0.00000288. The van der Waals surface area contributed by atoms with Crippen LogP contribution in [0, 0.1) is 6.92 Å². The van der Waals surface area contributed by atoms with Crippen LogP contribution in [0.3, 0.4) is 0 Å². The molecule has 0 atom stereocenters. The van der Waals surface area contributed by atoms with Crippen molar-refractivity contribution in [2.75, 3.05) is 27.2 Å². The van der Waals surface area contributed by atoms with Gasteiger partial charge in [-0.3, -0.25) is 4.99 Å². The minimum absolute atomic E-state index is 0. The molecule has 0 fully saturated rings. The highest BCUT2D eigenvalue weighted by Crippen LogP contribution is 2.16. The monoisotopic (exact) mass is 480 g/mol. The minimum atomic E-state index is 0. The van der Waals surface area contributed by atoms with Gasteiger partial charge in [-0.15, -0.1) is 35.3 Å². The Morgan fingerprint density at radius 3 is 2.88 bits per heavy atom. The van der Waals surface area contributed by atoms with E-state index in [1.54, 1.807) is 24.5 Å². The highest BCUT2D eigenvalue weighted by molar-refractivity contribution is 14.0. The van der Waals surface area contributed by atoms with Gasteiger partial charge in [0.05, 0.1) is 23.8 Å². The molecule has 8 heteroatoms. The molecule has 0 aliphatic carbocycles. The highest BCUT2D eigenvalue weighted by Gasteiger charge is 2.08. The van der Waals surface area contributed by atoms with Gasteiger partial charge in [-0.1, -0.05) is 17.7 Å². The first-order valence-electron chi connectivity index (χ1n) is 7.29. The molecule has 1 aromatic heterocycles. The van der Waals surface area contributed by atoms with Crippen LogP contribution in [0.5, 0.6) is 5.75 Å². The van der Waals surface area contributed by atoms with Crippen molar-refractivity contribution in [3.63, 3.8) is 0 Å². The molecule has 24 heavy (non-hydrogen) atoms. The summed E-state index contributed by atoms with van der Waals surface area (Å²) in [5.41, 5.74) is 1.05. The molecule has 1 heterocycles. The lowest BCUT2D eigenvalue weighted by Gasteiger charge is -2.21. The summed E-state index contributed by atoms with van der Waals surface area (Å²) in [5, 5.41) is 7.09. The summed E-state index contributed by atoms with van der Waals surface area (Å²) in [6.07, 6.45) is 0. The van der Waals surface area contributed by atoms with E-state index in [0.29, 0.717) is 18.2 Å². The van der Waals surface area contributed by atoms with E-state index in [-0.39, 0.29) is 24.0 Å². The molecule has 0 aliphatic rings. The molecule has 2 aromatic rings. The number of halogens is 2. The number of ether oxygens (including phenoxy) is 1. The van der Waals surface area contributed by atoms with Gasteiger partial charge in [0.2, 0.25) is 0 Å². The van der Waals surface area contributed by atoms with Crippen molar-refractivity contribution in [1.29, 1.82) is 0 Å². The van der Waals surface area contributed by atoms with Gasteiger partial charge in [-0.25, -0.2) is 4.98 Å². The second kappa shape index (κ2) is 10.7. The van der Waals surface area contributed by atoms with E-state index >= 15 is 0 Å². The van der Waals surface area contributed by atoms with Crippen molar-refractivity contribution in [2.45, 2.75) is 13.5 Å². The first-order chi connectivity index (χ1) is 11.1. The summed E-state index contributed by atoms with van der Waals surface area (Å²) in [4.78, 5) is 10.8. The molecule has 0 bridgehead atoms. The van der Waals surface area contributed by atoms with Gasteiger partial charge in [-0.05, 0) is 25.1 Å². The molecule has 0 amide bonds. The summed E-state index contributed by atoms with van der Waals surface area (Å²) >= 11 is 7.58. The lowest BCUT2D eigenvalue weighted by atomic mass is 10.3. The smallest absolute Gasteiger partial charge is 0.193 e. The minimum Gasteiger partial charge on any atom is -0.492 e. The van der Waals surface area contributed by atoms with Crippen molar-refractivity contribution in [3.05, 3.63) is 45.4 Å². The standard InChI is InChI=1S/C16H21ClN4OS.HI/c1-12-20-14(11-23-12)10-21(3)16(18-2)19-7-8-22-15-6-4-5-13(17)9-15;/h4-6,9,11H,7-8,10H2,1-3H3,(H,18,19);1H. The normalized spacial score (nSPS) is 10.9. The fraction of sp³-hybridized carbons (Fsp3) is 0.375. The Labute approximate surface area is 169 Å². The average Bonchev–Trinajstić information content (AvgIpc) is 2.92. The van der Waals surface area contributed by atoms with Crippen molar-refractivity contribution in [3.8, 4) is 5.75 Å². The number of guanidine groups is 1. The van der Waals surface area contributed by atoms with Gasteiger partial charge in [0.1, 0.15) is 12.4 Å². The Morgan fingerprint density at radius 2 is 2.25 bits per heavy atom. The molecule has 5 nitrogen and oxygen atoms in total. The number of nitrogens with zero attached hydrogens (tertiary/aromatic N) is 3. The summed E-state index contributed by atoms with van der Waals surface area (Å²) in [5.74, 6) is 1.57. The molecule has 1 aromatic carbocycles. The molecule has 0 saturated carbocycles. The number of rotatable bonds is 6. The van der Waals surface area contributed by atoms with Gasteiger partial charge in [0.25, 0.3) is 0 Å². The first kappa shape index (κ1) is 21.0. The third-order valence-electron chi connectivity index (χ3n) is 3.09. The van der Waals surface area contributed by atoms with Gasteiger partial charge in [0, 0.05) is 24.5 Å². The van der Waals surface area contributed by atoms with Crippen molar-refractivity contribution in [1.82, 2.24) is 15.2 Å². The van der Waals surface area contributed by atoms with Crippen LogP contribution in [-0.2, 0) is 6.54 Å². The van der Waals surface area contributed by atoms with Crippen LogP contribution in [0.1, 0.15) is 10.7 Å². The molecule has 132 valence electrons. The van der Waals surface area contributed by atoms with Gasteiger partial charge >= 0.3 is 0 Å². The van der Waals surface area contributed by atoms with Crippen LogP contribution in [0.2, 0.25) is 5.02 Å². The quantitative estimate of drug-likeness (QED) is 0.296. The maximum absolute atomic E-state index is 5.92. The van der Waals surface area contributed by atoms with Crippen molar-refractivity contribution in [2.24, 2.45) is 4.99 Å². The zero-order valence-corrected chi connectivity index (χ0v) is 17.9. The van der Waals surface area contributed by atoms with Crippen LogP contribution < -0.4 is 10.1 Å². The maximum Gasteiger partial charge on any atom is 0.193 e. The lowest BCUT2D eigenvalue weighted by Crippen LogP contribution is -2.40. The number of nitrogens with one attached hydrogen (secondary N) is 1. The summed E-state index contributed by atoms with van der Waals surface area (Å²) in [7, 11) is 3.75. The molecule has 0 unspecified atom stereocenters. The molecule has 0 spiro atoms. The second-order valence-electron chi connectivity index (χ2n) is 4.99. The molecule has 2 rings (SSSR count). The fourth-order valence-corrected chi connectivity index (χ4v) is 2.86. The molecular weight excluding hydrogens is 459 g/mol. The zero-order valence-electron chi connectivity index (χ0n) is 14.0. The van der Waals surface area contributed by atoms with E-state index in [4.69, 9.17) is 16.3 Å². The largest absolute Gasteiger partial charge is 0.492 e. The predicted molar refractivity (Wildman–Crippen MR) is 112 cm³/mol. The zero-order chi connectivity index (χ0) is 16.7. The Morgan fingerprint density at radius 1 is 1.46 bits per heavy atom. The third-order valence-corrected chi connectivity index (χ3v) is 4.15. The van der Waals surface area contributed by atoms with E-state index in [1.165, 1.54) is 0 Å². The highest BCUT2D eigenvalue weighted by atomic mass is 127. The van der Waals surface area contributed by atoms with E-state index in [0.717, 1.165) is 29.0 Å². The SMILES string of the molecule is CN=C(NCCOc1cccc(Cl)c1)N(C)Cc1csc(C)n1.I. The van der Waals surface area contributed by atoms with E-state index in [2.05, 4.69) is 20.7 Å². The number of thiazole rings is 1. The van der Waals surface area contributed by atoms with Gasteiger partial charge in [-0.2, -0.15) is 0 Å². The molecule has 0 saturated heterocycles. The Bertz CT molecular complexity index is 665. The molecule has 1 N–H and O–H groups in total. The Kier molecular flexibility index (Phi) is 9.38. The van der Waals surface area contributed by atoms with Crippen LogP contribution in [0.25, 0.3) is 0 Å². The van der Waals surface area contributed by atoms with Gasteiger partial charge < -0.3 is 15.0 Å². The molecular formula is C16H22ClIN4OS. The first-order valence-corrected chi connectivity index (χ1v) is 8.55. The van der Waals surface area contributed by atoms with Crippen LogP contribution in [0.15, 0.2) is 34.6 Å². The number of hydrogen-bond acceptors (Lipinski definition) is 4. The number of benzene rings is 1. The summed E-state index contributed by atoms with van der Waals surface area (Å²) in [6, 6.07) is 7.38. The molecule has 0 radical (unpaired) electrons. The average molecular weight is 481 g/mol. The van der Waals surface area contributed by atoms with Crippen LogP contribution in [0.4, 0.5) is 0 Å². The van der Waals surface area contributed by atoms with E-state index in [9.17, 15) is 0 Å². The summed E-state index contributed by atoms with van der Waals surface area (Å²) in [6.45, 7) is 3.91. The number of hydrogen-bond donors (Lipinski definition) is 1. The molecule has 0 aliphatic heterocycles. The topological polar surface area (TPSA) is 49.8 Å². The van der Waals surface area contributed by atoms with Crippen molar-refractivity contribution >= 4 is 52.9 Å². The Hall–Kier alpha value is -1.06. The third kappa shape index (κ3) is 6.82. The van der Waals surface area contributed by atoms with Crippen LogP contribution in [-0.4, -0.2) is 43.1 Å². The predicted octanol–water partition coefficient (Wildman–Crippen LogP) is 3.81. The number of aromatic nitrogens is 1. The van der Waals surface area contributed by atoms with E-state index < -0.39 is 0 Å². The number of aryl methyl sites for hydroxylation is 1. The summed E-state index contributed by atoms with van der Waals surface area (Å²) < 4.78 is 5.65.